The second-order valence-electron chi connectivity index (χ2n) is 6.64. The number of anilines is 1. The van der Waals surface area contributed by atoms with E-state index in [-0.39, 0.29) is 16.5 Å². The molecule has 8 heteroatoms. The zero-order valence-electron chi connectivity index (χ0n) is 16.1. The molecule has 0 aliphatic carbocycles. The van der Waals surface area contributed by atoms with Gasteiger partial charge >= 0.3 is 0 Å². The van der Waals surface area contributed by atoms with Crippen molar-refractivity contribution in [2.75, 3.05) is 39.2 Å². The zero-order chi connectivity index (χ0) is 20.4. The van der Waals surface area contributed by atoms with Crippen molar-refractivity contribution in [1.82, 2.24) is 9.88 Å². The molecule has 148 valence electrons. The minimum atomic E-state index is -0.485. The van der Waals surface area contributed by atoms with Crippen LogP contribution < -0.4 is 9.64 Å². The Morgan fingerprint density at radius 1 is 1.25 bits per heavy atom. The minimum absolute atomic E-state index is 0.0784. The summed E-state index contributed by atoms with van der Waals surface area (Å²) in [5.41, 5.74) is 2.01. The number of carbonyl (C=O) groups is 1. The van der Waals surface area contributed by atoms with Crippen molar-refractivity contribution < 1.29 is 13.9 Å². The van der Waals surface area contributed by atoms with Gasteiger partial charge in [-0.3, -0.25) is 9.69 Å². The number of hydrogen-bond acceptors (Lipinski definition) is 5. The predicted octanol–water partition coefficient (Wildman–Crippen LogP) is 4.61. The highest BCUT2D eigenvalue weighted by Gasteiger charge is 2.24. The maximum Gasteiger partial charge on any atom is 0.261 e. The van der Waals surface area contributed by atoms with Crippen LogP contribution in [0.25, 0.3) is 10.2 Å². The molecule has 0 saturated heterocycles. The monoisotopic (exact) mass is 421 g/mol. The number of likely N-dealkylation sites (N-methyl/N-ethyl adjacent to an activating group) is 1. The molecule has 1 heterocycles. The SMILES string of the molecule is COc1ccc(C)c2sc(N(CCN(C)C)C(=O)c3ccc(F)cc3Cl)nc12. The maximum atomic E-state index is 13.4. The van der Waals surface area contributed by atoms with Crippen LogP contribution in [0.15, 0.2) is 30.3 Å². The second kappa shape index (κ2) is 8.43. The first-order valence-corrected chi connectivity index (χ1v) is 9.87. The van der Waals surface area contributed by atoms with Crippen LogP contribution in [0.4, 0.5) is 9.52 Å². The van der Waals surface area contributed by atoms with Crippen LogP contribution in [0.5, 0.6) is 5.75 Å². The maximum absolute atomic E-state index is 13.4. The molecule has 3 rings (SSSR count). The lowest BCUT2D eigenvalue weighted by molar-refractivity contribution is 0.0985. The number of aryl methyl sites for hydroxylation is 1. The highest BCUT2D eigenvalue weighted by molar-refractivity contribution is 7.22. The fourth-order valence-electron chi connectivity index (χ4n) is 2.77. The first-order valence-electron chi connectivity index (χ1n) is 8.67. The fraction of sp³-hybridized carbons (Fsp3) is 0.300. The van der Waals surface area contributed by atoms with Crippen molar-refractivity contribution in [3.8, 4) is 5.75 Å². The van der Waals surface area contributed by atoms with Gasteiger partial charge in [-0.25, -0.2) is 9.37 Å². The Morgan fingerprint density at radius 2 is 2.00 bits per heavy atom. The summed E-state index contributed by atoms with van der Waals surface area (Å²) < 4.78 is 19.8. The number of thiazole rings is 1. The molecule has 0 aliphatic rings. The van der Waals surface area contributed by atoms with Crippen LogP contribution in [0, 0.1) is 12.7 Å². The Balaban J connectivity index is 2.08. The van der Waals surface area contributed by atoms with Crippen molar-refractivity contribution in [2.45, 2.75) is 6.92 Å². The smallest absolute Gasteiger partial charge is 0.261 e. The Bertz CT molecular complexity index is 1020. The number of rotatable bonds is 6. The molecule has 1 amide bonds. The molecule has 0 saturated carbocycles. The fourth-order valence-corrected chi connectivity index (χ4v) is 4.09. The summed E-state index contributed by atoms with van der Waals surface area (Å²) in [5, 5.41) is 0.629. The summed E-state index contributed by atoms with van der Waals surface area (Å²) in [6, 6.07) is 7.61. The topological polar surface area (TPSA) is 45.7 Å². The van der Waals surface area contributed by atoms with Gasteiger partial charge in [0, 0.05) is 13.1 Å². The third-order valence-corrected chi connectivity index (χ3v) is 5.85. The molecule has 0 unspecified atom stereocenters. The molecular weight excluding hydrogens is 401 g/mol. The number of aromatic nitrogens is 1. The van der Waals surface area contributed by atoms with Gasteiger partial charge in [0.1, 0.15) is 17.1 Å². The van der Waals surface area contributed by atoms with Crippen molar-refractivity contribution in [1.29, 1.82) is 0 Å². The highest BCUT2D eigenvalue weighted by Crippen LogP contribution is 2.37. The molecule has 28 heavy (non-hydrogen) atoms. The Labute approximate surface area is 172 Å². The third-order valence-electron chi connectivity index (χ3n) is 4.32. The summed E-state index contributed by atoms with van der Waals surface area (Å²) in [5.74, 6) is -0.146. The van der Waals surface area contributed by atoms with Crippen LogP contribution in [-0.4, -0.2) is 50.1 Å². The van der Waals surface area contributed by atoms with Crippen LogP contribution >= 0.6 is 22.9 Å². The van der Waals surface area contributed by atoms with E-state index in [2.05, 4.69) is 4.98 Å². The number of ether oxygens (including phenoxy) is 1. The average Bonchev–Trinajstić information content (AvgIpc) is 3.08. The number of benzene rings is 2. The second-order valence-corrected chi connectivity index (χ2v) is 8.03. The number of methoxy groups -OCH3 is 1. The average molecular weight is 422 g/mol. The summed E-state index contributed by atoms with van der Waals surface area (Å²) in [7, 11) is 5.45. The Kier molecular flexibility index (Phi) is 6.17. The Hall–Kier alpha value is -2.22. The van der Waals surface area contributed by atoms with E-state index in [9.17, 15) is 9.18 Å². The molecule has 0 fully saturated rings. The zero-order valence-corrected chi connectivity index (χ0v) is 17.7. The van der Waals surface area contributed by atoms with Gasteiger partial charge in [-0.2, -0.15) is 0 Å². The van der Waals surface area contributed by atoms with Crippen LogP contribution in [0.3, 0.4) is 0 Å². The van der Waals surface area contributed by atoms with Crippen molar-refractivity contribution in [2.24, 2.45) is 0 Å². The third kappa shape index (κ3) is 4.11. The van der Waals surface area contributed by atoms with E-state index < -0.39 is 5.82 Å². The van der Waals surface area contributed by atoms with E-state index in [4.69, 9.17) is 16.3 Å². The van der Waals surface area contributed by atoms with Gasteiger partial charge in [0.05, 0.1) is 22.4 Å². The minimum Gasteiger partial charge on any atom is -0.494 e. The lowest BCUT2D eigenvalue weighted by atomic mass is 10.2. The van der Waals surface area contributed by atoms with Crippen molar-refractivity contribution >= 4 is 44.2 Å². The van der Waals surface area contributed by atoms with E-state index in [1.165, 1.54) is 23.5 Å². The largest absolute Gasteiger partial charge is 0.494 e. The first-order chi connectivity index (χ1) is 13.3. The molecule has 0 aliphatic heterocycles. The van der Waals surface area contributed by atoms with Gasteiger partial charge in [0.15, 0.2) is 5.13 Å². The number of nitrogens with zero attached hydrogens (tertiary/aromatic N) is 3. The van der Waals surface area contributed by atoms with Gasteiger partial charge in [-0.05, 0) is 50.8 Å². The molecular formula is C20H21ClFN3O2S. The van der Waals surface area contributed by atoms with Crippen LogP contribution in [0.1, 0.15) is 15.9 Å². The molecule has 2 aromatic carbocycles. The molecule has 0 N–H and O–H groups in total. The highest BCUT2D eigenvalue weighted by atomic mass is 35.5. The summed E-state index contributed by atoms with van der Waals surface area (Å²) in [4.78, 5) is 21.5. The summed E-state index contributed by atoms with van der Waals surface area (Å²) >= 11 is 7.56. The van der Waals surface area contributed by atoms with Crippen LogP contribution in [-0.2, 0) is 0 Å². The molecule has 0 spiro atoms. The number of hydrogen-bond donors (Lipinski definition) is 0. The quantitative estimate of drug-likeness (QED) is 0.582. The molecule has 0 radical (unpaired) electrons. The summed E-state index contributed by atoms with van der Waals surface area (Å²) in [6.07, 6.45) is 0. The standard InChI is InChI=1S/C20H21ClFN3O2S/c1-12-5-8-16(27-4)17-18(12)28-20(23-17)25(10-9-24(2)3)19(26)14-7-6-13(22)11-15(14)21/h5-8,11H,9-10H2,1-4H3. The number of halogens is 2. The molecule has 1 aromatic heterocycles. The molecule has 0 atom stereocenters. The molecule has 5 nitrogen and oxygen atoms in total. The van der Waals surface area contributed by atoms with Gasteiger partial charge < -0.3 is 9.64 Å². The lowest BCUT2D eigenvalue weighted by Gasteiger charge is -2.22. The van der Waals surface area contributed by atoms with Gasteiger partial charge in [-0.1, -0.05) is 29.0 Å². The number of fused-ring (bicyclic) bond motifs is 1. The number of carbonyl (C=O) groups excluding carboxylic acids is 1. The van der Waals surface area contributed by atoms with E-state index in [0.717, 1.165) is 21.8 Å². The van der Waals surface area contributed by atoms with E-state index in [0.29, 0.717) is 24.0 Å². The van der Waals surface area contributed by atoms with Gasteiger partial charge in [-0.15, -0.1) is 0 Å². The predicted molar refractivity (Wildman–Crippen MR) is 113 cm³/mol. The summed E-state index contributed by atoms with van der Waals surface area (Å²) in [6.45, 7) is 3.05. The van der Waals surface area contributed by atoms with Crippen molar-refractivity contribution in [3.63, 3.8) is 0 Å². The van der Waals surface area contributed by atoms with Crippen LogP contribution in [0.2, 0.25) is 5.02 Å². The molecule has 3 aromatic rings. The first kappa shape index (κ1) is 20.5. The van der Waals surface area contributed by atoms with E-state index >= 15 is 0 Å². The van der Waals surface area contributed by atoms with Gasteiger partial charge in [0.25, 0.3) is 5.91 Å². The van der Waals surface area contributed by atoms with E-state index in [1.54, 1.807) is 12.0 Å². The lowest BCUT2D eigenvalue weighted by Crippen LogP contribution is -2.36. The normalized spacial score (nSPS) is 11.2. The van der Waals surface area contributed by atoms with Gasteiger partial charge in [0.2, 0.25) is 0 Å². The van der Waals surface area contributed by atoms with E-state index in [1.807, 2.05) is 38.1 Å². The Morgan fingerprint density at radius 3 is 2.64 bits per heavy atom. The molecule has 0 bridgehead atoms. The number of amides is 1. The van der Waals surface area contributed by atoms with Crippen molar-refractivity contribution in [3.05, 3.63) is 52.3 Å².